The topological polar surface area (TPSA) is 76.7 Å². The number of hydrogen-bond acceptors (Lipinski definition) is 4. The normalized spacial score (nSPS) is 11.2. The maximum absolute atomic E-state index is 4.61. The lowest BCUT2D eigenvalue weighted by Gasteiger charge is -1.99. The van der Waals surface area contributed by atoms with E-state index >= 15 is 0 Å². The van der Waals surface area contributed by atoms with Crippen molar-refractivity contribution in [2.24, 2.45) is 7.05 Å². The van der Waals surface area contributed by atoms with E-state index in [9.17, 15) is 0 Å². The van der Waals surface area contributed by atoms with Crippen molar-refractivity contribution in [3.05, 3.63) is 43.2 Å². The highest BCUT2D eigenvalue weighted by molar-refractivity contribution is 5.65. The van der Waals surface area contributed by atoms with Crippen molar-refractivity contribution in [3.8, 4) is 22.6 Å². The minimum Gasteiger partial charge on any atom is -0.285 e. The highest BCUT2D eigenvalue weighted by atomic mass is 15.2. The maximum Gasteiger partial charge on any atom is 0.148 e. The average Bonchev–Trinajstić information content (AvgIpc) is 3.17. The van der Waals surface area contributed by atoms with Crippen LogP contribution >= 0.6 is 0 Å². The van der Waals surface area contributed by atoms with E-state index in [-0.39, 0.29) is 0 Å². The number of fused-ring (bicyclic) bond motifs is 1. The fraction of sp³-hybridized carbons (Fsp3) is 0.0769. The predicted octanol–water partition coefficient (Wildman–Crippen LogP) is 1.52. The molecule has 0 spiro atoms. The summed E-state index contributed by atoms with van der Waals surface area (Å²) in [5.74, 6) is 0.805. The van der Waals surface area contributed by atoms with Crippen molar-refractivity contribution in [1.29, 1.82) is 0 Å². The number of hydrogen-bond donors (Lipinski definition) is 1. The van der Waals surface area contributed by atoms with E-state index in [2.05, 4.69) is 25.3 Å². The van der Waals surface area contributed by atoms with E-state index in [1.165, 1.54) is 0 Å². The number of rotatable bonds is 2. The van der Waals surface area contributed by atoms with Crippen molar-refractivity contribution >= 4 is 5.65 Å². The van der Waals surface area contributed by atoms with Gasteiger partial charge in [0, 0.05) is 37.4 Å². The largest absolute Gasteiger partial charge is 0.285 e. The van der Waals surface area contributed by atoms with Crippen LogP contribution in [-0.4, -0.2) is 34.3 Å². The van der Waals surface area contributed by atoms with Crippen molar-refractivity contribution in [1.82, 2.24) is 34.3 Å². The SMILES string of the molecule is Cn1cc(-c2cn3c(-c4cn[nH]c4)nccc3n2)cn1. The molecule has 0 aliphatic rings. The quantitative estimate of drug-likeness (QED) is 0.596. The summed E-state index contributed by atoms with van der Waals surface area (Å²) >= 11 is 0. The zero-order valence-corrected chi connectivity index (χ0v) is 10.7. The molecule has 0 atom stereocenters. The number of aromatic nitrogens is 7. The molecule has 7 nitrogen and oxygen atoms in total. The second-order valence-electron chi connectivity index (χ2n) is 4.51. The Morgan fingerprint density at radius 3 is 2.85 bits per heavy atom. The Morgan fingerprint density at radius 2 is 2.10 bits per heavy atom. The first kappa shape index (κ1) is 10.9. The molecule has 98 valence electrons. The summed E-state index contributed by atoms with van der Waals surface area (Å²) in [4.78, 5) is 9.01. The first-order chi connectivity index (χ1) is 9.81. The summed E-state index contributed by atoms with van der Waals surface area (Å²) in [6.45, 7) is 0. The van der Waals surface area contributed by atoms with Crippen LogP contribution in [0, 0.1) is 0 Å². The molecule has 4 aromatic heterocycles. The first-order valence-corrected chi connectivity index (χ1v) is 6.13. The van der Waals surface area contributed by atoms with Crippen LogP contribution in [0.1, 0.15) is 0 Å². The third-order valence-corrected chi connectivity index (χ3v) is 3.14. The summed E-state index contributed by atoms with van der Waals surface area (Å²) in [7, 11) is 1.89. The second kappa shape index (κ2) is 4.02. The molecule has 4 aromatic rings. The van der Waals surface area contributed by atoms with E-state index < -0.39 is 0 Å². The molecular weight excluding hydrogens is 254 g/mol. The lowest BCUT2D eigenvalue weighted by Crippen LogP contribution is -1.92. The van der Waals surface area contributed by atoms with Gasteiger partial charge in [0.1, 0.15) is 11.5 Å². The fourth-order valence-electron chi connectivity index (χ4n) is 2.20. The molecule has 0 aliphatic carbocycles. The van der Waals surface area contributed by atoms with Crippen LogP contribution in [0.5, 0.6) is 0 Å². The van der Waals surface area contributed by atoms with Gasteiger partial charge in [0.05, 0.1) is 23.7 Å². The molecule has 0 unspecified atom stereocenters. The van der Waals surface area contributed by atoms with Crippen LogP contribution in [0.4, 0.5) is 0 Å². The molecule has 20 heavy (non-hydrogen) atoms. The highest BCUT2D eigenvalue weighted by Crippen LogP contribution is 2.22. The Bertz CT molecular complexity index is 869. The Morgan fingerprint density at radius 1 is 1.15 bits per heavy atom. The molecule has 4 heterocycles. The Kier molecular flexibility index (Phi) is 2.19. The van der Waals surface area contributed by atoms with Gasteiger partial charge in [-0.2, -0.15) is 10.2 Å². The number of H-pyrrole nitrogens is 1. The molecule has 7 heteroatoms. The summed E-state index contributed by atoms with van der Waals surface area (Å²) in [5, 5.41) is 10.9. The molecule has 1 N–H and O–H groups in total. The average molecular weight is 265 g/mol. The van der Waals surface area contributed by atoms with Gasteiger partial charge in [0.2, 0.25) is 0 Å². The summed E-state index contributed by atoms with van der Waals surface area (Å²) in [5.41, 5.74) is 3.62. The molecule has 0 amide bonds. The summed E-state index contributed by atoms with van der Waals surface area (Å²) in [6.07, 6.45) is 11.0. The molecule has 4 rings (SSSR count). The molecule has 0 radical (unpaired) electrons. The lowest BCUT2D eigenvalue weighted by atomic mass is 10.3. The molecule has 0 saturated heterocycles. The number of aryl methyl sites for hydroxylation is 1. The van der Waals surface area contributed by atoms with Gasteiger partial charge in [-0.05, 0) is 6.07 Å². The van der Waals surface area contributed by atoms with Gasteiger partial charge in [0.25, 0.3) is 0 Å². The monoisotopic (exact) mass is 265 g/mol. The van der Waals surface area contributed by atoms with Crippen LogP contribution in [0.2, 0.25) is 0 Å². The van der Waals surface area contributed by atoms with Gasteiger partial charge in [0.15, 0.2) is 0 Å². The zero-order valence-electron chi connectivity index (χ0n) is 10.7. The standard InChI is InChI=1S/C13H11N7/c1-19-7-10(6-17-19)11-8-20-12(18-11)2-3-14-13(20)9-4-15-16-5-9/h2-8H,1H3,(H,15,16). The van der Waals surface area contributed by atoms with Gasteiger partial charge in [-0.15, -0.1) is 0 Å². The lowest BCUT2D eigenvalue weighted by molar-refractivity contribution is 0.768. The third-order valence-electron chi connectivity index (χ3n) is 3.14. The minimum atomic E-state index is 0.805. The maximum atomic E-state index is 4.61. The van der Waals surface area contributed by atoms with Gasteiger partial charge in [-0.25, -0.2) is 9.97 Å². The van der Waals surface area contributed by atoms with E-state index in [1.54, 1.807) is 23.3 Å². The second-order valence-corrected chi connectivity index (χ2v) is 4.51. The molecule has 0 aliphatic heterocycles. The number of nitrogens with one attached hydrogen (secondary N) is 1. The van der Waals surface area contributed by atoms with Crippen LogP contribution in [-0.2, 0) is 7.05 Å². The molecule has 0 aromatic carbocycles. The van der Waals surface area contributed by atoms with Crippen LogP contribution < -0.4 is 0 Å². The fourth-order valence-corrected chi connectivity index (χ4v) is 2.20. The number of imidazole rings is 1. The molecule has 0 saturated carbocycles. The first-order valence-electron chi connectivity index (χ1n) is 6.13. The Hall–Kier alpha value is -2.96. The van der Waals surface area contributed by atoms with E-state index in [4.69, 9.17) is 0 Å². The zero-order chi connectivity index (χ0) is 13.5. The smallest absolute Gasteiger partial charge is 0.148 e. The Labute approximate surface area is 113 Å². The number of aromatic amines is 1. The molecule has 0 fully saturated rings. The van der Waals surface area contributed by atoms with E-state index in [0.717, 1.165) is 28.3 Å². The Balaban J connectivity index is 1.93. The van der Waals surface area contributed by atoms with Crippen molar-refractivity contribution in [2.45, 2.75) is 0 Å². The van der Waals surface area contributed by atoms with Crippen molar-refractivity contribution < 1.29 is 0 Å². The van der Waals surface area contributed by atoms with Gasteiger partial charge < -0.3 is 0 Å². The van der Waals surface area contributed by atoms with Crippen LogP contribution in [0.3, 0.4) is 0 Å². The van der Waals surface area contributed by atoms with E-state index in [1.807, 2.05) is 36.1 Å². The van der Waals surface area contributed by atoms with Crippen LogP contribution in [0.25, 0.3) is 28.3 Å². The predicted molar refractivity (Wildman–Crippen MR) is 72.8 cm³/mol. The van der Waals surface area contributed by atoms with Crippen molar-refractivity contribution in [3.63, 3.8) is 0 Å². The van der Waals surface area contributed by atoms with Gasteiger partial charge in [-0.3, -0.25) is 14.2 Å². The van der Waals surface area contributed by atoms with Crippen molar-refractivity contribution in [2.75, 3.05) is 0 Å². The van der Waals surface area contributed by atoms with Gasteiger partial charge in [-0.1, -0.05) is 0 Å². The molecule has 0 bridgehead atoms. The summed E-state index contributed by atoms with van der Waals surface area (Å²) in [6, 6.07) is 1.88. The highest BCUT2D eigenvalue weighted by Gasteiger charge is 2.11. The van der Waals surface area contributed by atoms with Gasteiger partial charge >= 0.3 is 0 Å². The third kappa shape index (κ3) is 1.60. The number of nitrogens with zero attached hydrogens (tertiary/aromatic N) is 6. The van der Waals surface area contributed by atoms with Crippen LogP contribution in [0.15, 0.2) is 43.2 Å². The summed E-state index contributed by atoms with van der Waals surface area (Å²) < 4.78 is 3.71. The minimum absolute atomic E-state index is 0.805. The van der Waals surface area contributed by atoms with E-state index in [0.29, 0.717) is 0 Å². The molecular formula is C13H11N7.